The molecule has 2 aliphatic heterocycles. The number of esters is 3. The maximum Gasteiger partial charge on any atom is 0.472 e. The van der Waals surface area contributed by atoms with Gasteiger partial charge in [-0.1, -0.05) is 258 Å². The molecule has 1 saturated carbocycles. The molecule has 0 aromatic rings. The molecule has 0 amide bonds. The highest BCUT2D eigenvalue weighted by Crippen LogP contribution is 2.49. The molecule has 11 N–H and O–H groups in total. The minimum absolute atomic E-state index is 0.0292. The Morgan fingerprint density at radius 3 is 1.19 bits per heavy atom. The molecule has 3 fully saturated rings. The van der Waals surface area contributed by atoms with Gasteiger partial charge in [0.1, 0.15) is 98.7 Å². The summed E-state index contributed by atoms with van der Waals surface area (Å²) in [4.78, 5) is 51.1. The molecule has 0 aromatic carbocycles. The number of hydrogen-bond acceptors (Lipinski definition) is 23. The second kappa shape index (κ2) is 56.1. The van der Waals surface area contributed by atoms with Gasteiger partial charge in [-0.05, 0) is 50.9 Å². The maximum absolute atomic E-state index is 14.3. The van der Waals surface area contributed by atoms with Crippen LogP contribution in [-0.2, 0) is 61.2 Å². The van der Waals surface area contributed by atoms with E-state index in [9.17, 15) is 74.9 Å². The molecule has 0 spiro atoms. The first-order valence-electron chi connectivity index (χ1n) is 39.4. The largest absolute Gasteiger partial charge is 0.472 e. The zero-order valence-electron chi connectivity index (χ0n) is 61.7. The average Bonchev–Trinajstić information content (AvgIpc) is 0.762. The third-order valence-electron chi connectivity index (χ3n) is 19.7. The van der Waals surface area contributed by atoms with E-state index in [0.29, 0.717) is 31.6 Å². The van der Waals surface area contributed by atoms with Crippen LogP contribution in [0.5, 0.6) is 0 Å². The highest BCUT2D eigenvalue weighted by atomic mass is 31.2. The van der Waals surface area contributed by atoms with Gasteiger partial charge >= 0.3 is 25.7 Å². The minimum Gasteiger partial charge on any atom is -0.463 e. The molecule has 1 aliphatic carbocycles. The number of rotatable bonds is 61. The van der Waals surface area contributed by atoms with E-state index in [0.717, 1.165) is 83.5 Å². The summed E-state index contributed by atoms with van der Waals surface area (Å²) >= 11 is 0. The van der Waals surface area contributed by atoms with Gasteiger partial charge in [-0.25, -0.2) is 4.57 Å². The Morgan fingerprint density at radius 2 is 0.760 bits per heavy atom. The van der Waals surface area contributed by atoms with Crippen LogP contribution in [0.1, 0.15) is 310 Å². The van der Waals surface area contributed by atoms with Crippen LogP contribution in [0.2, 0.25) is 0 Å². The molecular formula is C75H139O24P. The lowest BCUT2D eigenvalue weighted by Gasteiger charge is -2.49. The number of allylic oxidation sites excluding steroid dienone is 2. The summed E-state index contributed by atoms with van der Waals surface area (Å²) in [7, 11) is -5.70. The molecule has 2 saturated heterocycles. The van der Waals surface area contributed by atoms with Gasteiger partial charge in [-0.2, -0.15) is 0 Å². The summed E-state index contributed by atoms with van der Waals surface area (Å²) in [5.41, 5.74) is 0. The molecule has 0 radical (unpaired) electrons. The van der Waals surface area contributed by atoms with Crippen molar-refractivity contribution in [2.24, 2.45) is 5.92 Å². The van der Waals surface area contributed by atoms with Crippen molar-refractivity contribution in [1.82, 2.24) is 0 Å². The number of carbonyl (C=O) groups is 3. The Morgan fingerprint density at radius 1 is 0.410 bits per heavy atom. The van der Waals surface area contributed by atoms with E-state index in [4.69, 9.17) is 42.2 Å². The van der Waals surface area contributed by atoms with Crippen LogP contribution in [0.4, 0.5) is 0 Å². The predicted molar refractivity (Wildman–Crippen MR) is 379 cm³/mol. The summed E-state index contributed by atoms with van der Waals surface area (Å²) in [5.74, 6) is -1.30. The van der Waals surface area contributed by atoms with E-state index in [2.05, 4.69) is 39.8 Å². The molecule has 24 nitrogen and oxygen atoms in total. The first-order valence-corrected chi connectivity index (χ1v) is 40.9. The summed E-state index contributed by atoms with van der Waals surface area (Å²) in [5, 5.41) is 110. The van der Waals surface area contributed by atoms with E-state index in [1.165, 1.54) is 154 Å². The van der Waals surface area contributed by atoms with Gasteiger partial charge in [0, 0.05) is 19.3 Å². The fraction of sp³-hybridized carbons (Fsp3) is 0.933. The lowest BCUT2D eigenvalue weighted by atomic mass is 9.84. The summed E-state index contributed by atoms with van der Waals surface area (Å²) in [6, 6.07) is 0. The number of carbonyl (C=O) groups excluding carboxylic acids is 3. The van der Waals surface area contributed by atoms with Crippen molar-refractivity contribution in [3.63, 3.8) is 0 Å². The SMILES string of the molecule is CCCCCCCC/C=C\CCCCCC(=O)OC(COC(=O)CCCCCCCCCCCCCCCCCC)COP(=O)(O)OC1C(OC2OC(CO)C(O)C(O)C2O)C(O)C(O)C(O)C1OC1OC(COC(=O)CCCCCCCCC(C)CCCCCCCC)C(O)C(O)C1O. The lowest BCUT2D eigenvalue weighted by molar-refractivity contribution is -0.360. The van der Waals surface area contributed by atoms with Crippen LogP contribution < -0.4 is 0 Å². The van der Waals surface area contributed by atoms with Gasteiger partial charge in [0.05, 0.1) is 13.2 Å². The monoisotopic (exact) mass is 1450 g/mol. The summed E-state index contributed by atoms with van der Waals surface area (Å²) in [6.07, 6.45) is 14.2. The average molecular weight is 1460 g/mol. The van der Waals surface area contributed by atoms with Crippen molar-refractivity contribution >= 4 is 25.7 Å². The van der Waals surface area contributed by atoms with Crippen LogP contribution in [-0.4, -0.2) is 204 Å². The van der Waals surface area contributed by atoms with Crippen LogP contribution in [0.3, 0.4) is 0 Å². The second-order valence-electron chi connectivity index (χ2n) is 28.7. The number of ether oxygens (including phenoxy) is 7. The summed E-state index contributed by atoms with van der Waals surface area (Å²) < 4.78 is 65.1. The molecule has 3 aliphatic rings. The predicted octanol–water partition coefficient (Wildman–Crippen LogP) is 11.4. The fourth-order valence-corrected chi connectivity index (χ4v) is 14.1. The van der Waals surface area contributed by atoms with Crippen molar-refractivity contribution in [2.75, 3.05) is 26.4 Å². The normalized spacial score (nSPS) is 27.7. The van der Waals surface area contributed by atoms with Crippen LogP contribution in [0.15, 0.2) is 12.2 Å². The van der Waals surface area contributed by atoms with E-state index in [1.807, 2.05) is 0 Å². The third-order valence-corrected chi connectivity index (χ3v) is 20.7. The van der Waals surface area contributed by atoms with Gasteiger partial charge in [0.25, 0.3) is 0 Å². The molecule has 25 heteroatoms. The van der Waals surface area contributed by atoms with Gasteiger partial charge in [0.2, 0.25) is 0 Å². The van der Waals surface area contributed by atoms with Crippen molar-refractivity contribution in [3.05, 3.63) is 12.2 Å². The van der Waals surface area contributed by atoms with Crippen molar-refractivity contribution in [3.8, 4) is 0 Å². The Kier molecular flexibility index (Phi) is 51.5. The smallest absolute Gasteiger partial charge is 0.463 e. The minimum atomic E-state index is -5.70. The first kappa shape index (κ1) is 91.9. The van der Waals surface area contributed by atoms with Gasteiger partial charge in [0.15, 0.2) is 18.7 Å². The standard InChI is InChI=1S/C75H139O24P/c1-5-8-11-14-17-19-21-23-24-25-27-28-30-32-38-43-48-59(77)91-52-56(94-61(79)50-45-40-33-31-29-26-22-20-18-15-12-9-6-2)53-93-100(89,90)99-73-71(97-74-69(87)64(82)62(80)57(51-76)95-74)67(85)66(84)68(86)72(73)98-75-70(88)65(83)63(81)58(96-75)54-92-60(78)49-44-39-35-34-37-42-47-55(4)46-41-36-16-13-10-7-3/h26,29,55-58,62-76,80-88H,5-25,27-28,30-54H2,1-4H3,(H,89,90)/b29-26-. The quantitative estimate of drug-likeness (QED) is 0.00886. The maximum atomic E-state index is 14.3. The van der Waals surface area contributed by atoms with E-state index in [1.54, 1.807) is 0 Å². The van der Waals surface area contributed by atoms with Crippen molar-refractivity contribution < 1.29 is 117 Å². The fourth-order valence-electron chi connectivity index (χ4n) is 13.2. The van der Waals surface area contributed by atoms with Crippen LogP contribution in [0, 0.1) is 5.92 Å². The number of hydrogen-bond donors (Lipinski definition) is 11. The second-order valence-corrected chi connectivity index (χ2v) is 30.1. The number of unbranched alkanes of at least 4 members (excludes halogenated alkanes) is 34. The van der Waals surface area contributed by atoms with Gasteiger partial charge < -0.3 is 89.1 Å². The molecule has 0 bridgehead atoms. The molecule has 2 heterocycles. The number of phosphoric ester groups is 1. The van der Waals surface area contributed by atoms with Gasteiger partial charge in [-0.3, -0.25) is 23.4 Å². The molecule has 588 valence electrons. The summed E-state index contributed by atoms with van der Waals surface area (Å²) in [6.45, 7) is 5.77. The number of phosphoric acid groups is 1. The third kappa shape index (κ3) is 38.8. The Labute approximate surface area is 599 Å². The van der Waals surface area contributed by atoms with Crippen molar-refractivity contribution in [1.29, 1.82) is 0 Å². The lowest BCUT2D eigenvalue weighted by Crippen LogP contribution is -2.69. The highest BCUT2D eigenvalue weighted by Gasteiger charge is 2.58. The first-order chi connectivity index (χ1) is 48.2. The molecular weight excluding hydrogens is 1320 g/mol. The van der Waals surface area contributed by atoms with Gasteiger partial charge in [-0.15, -0.1) is 0 Å². The zero-order chi connectivity index (χ0) is 73.3. The highest BCUT2D eigenvalue weighted by molar-refractivity contribution is 7.47. The Bertz CT molecular complexity index is 2130. The molecule has 19 unspecified atom stereocenters. The molecule has 100 heavy (non-hydrogen) atoms. The molecule has 0 aromatic heterocycles. The Hall–Kier alpha value is -2.30. The van der Waals surface area contributed by atoms with Crippen LogP contribution in [0.25, 0.3) is 0 Å². The van der Waals surface area contributed by atoms with E-state index in [-0.39, 0.29) is 19.3 Å². The molecule has 19 atom stereocenters. The number of aliphatic hydroxyl groups excluding tert-OH is 10. The van der Waals surface area contributed by atoms with E-state index < -0.39 is 156 Å². The van der Waals surface area contributed by atoms with Crippen LogP contribution >= 0.6 is 7.82 Å². The Balaban J connectivity index is 1.72. The van der Waals surface area contributed by atoms with Crippen molar-refractivity contribution in [2.45, 2.75) is 414 Å². The van der Waals surface area contributed by atoms with E-state index >= 15 is 0 Å². The molecule has 3 rings (SSSR count). The topological polar surface area (TPSA) is 374 Å². The zero-order valence-corrected chi connectivity index (χ0v) is 62.6. The number of aliphatic hydroxyl groups is 10.